The quantitative estimate of drug-likeness (QED) is 0.853. The molecule has 0 bridgehead atoms. The fourth-order valence-electron chi connectivity index (χ4n) is 2.38. The molecule has 1 N–H and O–H groups in total. The topological polar surface area (TPSA) is 32.3 Å². The van der Waals surface area contributed by atoms with Crippen molar-refractivity contribution in [2.45, 2.75) is 38.6 Å². The molecule has 1 aromatic rings. The Kier molecular flexibility index (Phi) is 4.62. The number of nitrogens with zero attached hydrogens (tertiary/aromatic N) is 1. The zero-order valence-electron chi connectivity index (χ0n) is 11.1. The van der Waals surface area contributed by atoms with E-state index in [1.807, 2.05) is 42.2 Å². The number of urea groups is 1. The number of nitrogens with one attached hydrogen (secondary N) is 1. The lowest BCUT2D eigenvalue weighted by Crippen LogP contribution is -2.41. The summed E-state index contributed by atoms with van der Waals surface area (Å²) in [5, 5.41) is 3.08. The van der Waals surface area contributed by atoms with Gasteiger partial charge in [0.25, 0.3) is 0 Å². The van der Waals surface area contributed by atoms with Crippen LogP contribution in [0.5, 0.6) is 0 Å². The smallest absolute Gasteiger partial charge is 0.317 e. The maximum Gasteiger partial charge on any atom is 0.317 e. The average Bonchev–Trinajstić information content (AvgIpc) is 2.68. The van der Waals surface area contributed by atoms with Crippen molar-refractivity contribution in [1.29, 1.82) is 0 Å². The van der Waals surface area contributed by atoms with Crippen molar-refractivity contribution in [3.05, 3.63) is 35.9 Å². The zero-order valence-corrected chi connectivity index (χ0v) is 11.1. The molecule has 18 heavy (non-hydrogen) atoms. The fraction of sp³-hybridized carbons (Fsp3) is 0.533. The van der Waals surface area contributed by atoms with Crippen molar-refractivity contribution in [2.75, 3.05) is 13.1 Å². The summed E-state index contributed by atoms with van der Waals surface area (Å²) in [6.07, 6.45) is 4.76. The van der Waals surface area contributed by atoms with E-state index in [1.165, 1.54) is 12.8 Å². The molecule has 1 aliphatic heterocycles. The largest absolute Gasteiger partial charge is 0.331 e. The van der Waals surface area contributed by atoms with Crippen LogP contribution >= 0.6 is 0 Å². The van der Waals surface area contributed by atoms with Gasteiger partial charge in [-0.3, -0.25) is 0 Å². The Morgan fingerprint density at radius 1 is 1.11 bits per heavy atom. The molecule has 3 nitrogen and oxygen atoms in total. The second-order valence-corrected chi connectivity index (χ2v) is 4.98. The first kappa shape index (κ1) is 12.9. The molecule has 0 aromatic heterocycles. The van der Waals surface area contributed by atoms with Gasteiger partial charge in [-0.15, -0.1) is 0 Å². The van der Waals surface area contributed by atoms with E-state index in [4.69, 9.17) is 0 Å². The summed E-state index contributed by atoms with van der Waals surface area (Å²) in [4.78, 5) is 14.1. The number of amides is 2. The van der Waals surface area contributed by atoms with Crippen LogP contribution in [0.1, 0.15) is 44.2 Å². The van der Waals surface area contributed by atoms with Crippen LogP contribution in [0.2, 0.25) is 0 Å². The van der Waals surface area contributed by atoms with Gasteiger partial charge in [0.15, 0.2) is 0 Å². The molecule has 2 amide bonds. The maximum absolute atomic E-state index is 12.1. The van der Waals surface area contributed by atoms with Gasteiger partial charge in [-0.2, -0.15) is 0 Å². The van der Waals surface area contributed by atoms with E-state index in [2.05, 4.69) is 5.32 Å². The summed E-state index contributed by atoms with van der Waals surface area (Å²) in [6, 6.07) is 10.2. The Bertz CT molecular complexity index is 369. The first-order valence-corrected chi connectivity index (χ1v) is 6.88. The highest BCUT2D eigenvalue weighted by Gasteiger charge is 2.17. The third kappa shape index (κ3) is 3.49. The van der Waals surface area contributed by atoms with Crippen molar-refractivity contribution in [2.24, 2.45) is 0 Å². The molecule has 0 saturated carbocycles. The molecule has 0 spiro atoms. The molecule has 0 radical (unpaired) electrons. The zero-order chi connectivity index (χ0) is 12.8. The van der Waals surface area contributed by atoms with E-state index < -0.39 is 0 Å². The number of carbonyl (C=O) groups is 1. The van der Waals surface area contributed by atoms with Crippen LogP contribution in [0.4, 0.5) is 4.79 Å². The molecule has 1 heterocycles. The minimum absolute atomic E-state index is 0.0713. The first-order chi connectivity index (χ1) is 8.77. The number of benzene rings is 1. The average molecular weight is 246 g/mol. The number of likely N-dealkylation sites (tertiary alicyclic amines) is 1. The summed E-state index contributed by atoms with van der Waals surface area (Å²) in [5.74, 6) is 0. The molecule has 1 aliphatic rings. The van der Waals surface area contributed by atoms with Crippen molar-refractivity contribution in [3.8, 4) is 0 Å². The minimum Gasteiger partial charge on any atom is -0.331 e. The van der Waals surface area contributed by atoms with Gasteiger partial charge in [-0.1, -0.05) is 43.2 Å². The number of carbonyl (C=O) groups excluding carboxylic acids is 1. The Morgan fingerprint density at radius 3 is 2.33 bits per heavy atom. The number of hydrogen-bond acceptors (Lipinski definition) is 1. The van der Waals surface area contributed by atoms with Crippen molar-refractivity contribution < 1.29 is 4.79 Å². The van der Waals surface area contributed by atoms with E-state index in [0.717, 1.165) is 31.5 Å². The summed E-state index contributed by atoms with van der Waals surface area (Å²) in [6.45, 7) is 3.83. The van der Waals surface area contributed by atoms with Gasteiger partial charge in [0.2, 0.25) is 0 Å². The number of hydrogen-bond donors (Lipinski definition) is 1. The van der Waals surface area contributed by atoms with E-state index in [0.29, 0.717) is 0 Å². The van der Waals surface area contributed by atoms with Crippen molar-refractivity contribution in [1.82, 2.24) is 10.2 Å². The van der Waals surface area contributed by atoms with E-state index >= 15 is 0 Å². The molecule has 98 valence electrons. The lowest BCUT2D eigenvalue weighted by molar-refractivity contribution is 0.196. The van der Waals surface area contributed by atoms with E-state index in [1.54, 1.807) is 0 Å². The van der Waals surface area contributed by atoms with Gasteiger partial charge in [0, 0.05) is 13.1 Å². The monoisotopic (exact) mass is 246 g/mol. The van der Waals surface area contributed by atoms with Gasteiger partial charge >= 0.3 is 6.03 Å². The molecule has 1 atom stereocenters. The summed E-state index contributed by atoms with van der Waals surface area (Å²) in [5.41, 5.74) is 1.15. The van der Waals surface area contributed by atoms with Crippen LogP contribution in [0.3, 0.4) is 0 Å². The Morgan fingerprint density at radius 2 is 1.72 bits per heavy atom. The highest BCUT2D eigenvalue weighted by atomic mass is 16.2. The molecule has 1 fully saturated rings. The van der Waals surface area contributed by atoms with Crippen molar-refractivity contribution >= 4 is 6.03 Å². The third-order valence-corrected chi connectivity index (χ3v) is 3.53. The van der Waals surface area contributed by atoms with Crippen LogP contribution < -0.4 is 5.32 Å². The predicted octanol–water partition coefficient (Wildman–Crippen LogP) is 3.33. The van der Waals surface area contributed by atoms with Gasteiger partial charge in [0.05, 0.1) is 6.04 Å². The van der Waals surface area contributed by atoms with E-state index in [9.17, 15) is 4.79 Å². The standard InChI is InChI=1S/C15H22N2O/c1-13(14-9-5-4-6-10-14)16-15(18)17-11-7-2-3-8-12-17/h4-6,9-10,13H,2-3,7-8,11-12H2,1H3,(H,16,18)/t13-/m1/s1. The second-order valence-electron chi connectivity index (χ2n) is 4.98. The van der Waals surface area contributed by atoms with Crippen LogP contribution in [0, 0.1) is 0 Å². The Hall–Kier alpha value is -1.51. The van der Waals surface area contributed by atoms with Crippen LogP contribution in [-0.2, 0) is 0 Å². The summed E-state index contributed by atoms with van der Waals surface area (Å²) < 4.78 is 0. The lowest BCUT2D eigenvalue weighted by atomic mass is 10.1. The van der Waals surface area contributed by atoms with Gasteiger partial charge < -0.3 is 10.2 Å². The van der Waals surface area contributed by atoms with Crippen LogP contribution in [0.25, 0.3) is 0 Å². The van der Waals surface area contributed by atoms with Gasteiger partial charge in [0.1, 0.15) is 0 Å². The Balaban J connectivity index is 1.90. The van der Waals surface area contributed by atoms with Crippen molar-refractivity contribution in [3.63, 3.8) is 0 Å². The highest BCUT2D eigenvalue weighted by Crippen LogP contribution is 2.14. The molecular formula is C15H22N2O. The van der Waals surface area contributed by atoms with Gasteiger partial charge in [-0.05, 0) is 25.3 Å². The molecule has 1 saturated heterocycles. The SMILES string of the molecule is C[C@@H](NC(=O)N1CCCCCC1)c1ccccc1. The molecule has 0 unspecified atom stereocenters. The third-order valence-electron chi connectivity index (χ3n) is 3.53. The van der Waals surface area contributed by atoms with Crippen LogP contribution in [0.15, 0.2) is 30.3 Å². The second kappa shape index (κ2) is 6.43. The van der Waals surface area contributed by atoms with Gasteiger partial charge in [-0.25, -0.2) is 4.79 Å². The summed E-state index contributed by atoms with van der Waals surface area (Å²) >= 11 is 0. The first-order valence-electron chi connectivity index (χ1n) is 6.88. The van der Waals surface area contributed by atoms with E-state index in [-0.39, 0.29) is 12.1 Å². The fourth-order valence-corrected chi connectivity index (χ4v) is 2.38. The Labute approximate surface area is 109 Å². The number of rotatable bonds is 2. The minimum atomic E-state index is 0.0713. The molecule has 3 heteroatoms. The summed E-state index contributed by atoms with van der Waals surface area (Å²) in [7, 11) is 0. The molecule has 2 rings (SSSR count). The van der Waals surface area contributed by atoms with Crippen LogP contribution in [-0.4, -0.2) is 24.0 Å². The molecule has 1 aromatic carbocycles. The predicted molar refractivity (Wildman–Crippen MR) is 73.4 cm³/mol. The maximum atomic E-state index is 12.1. The highest BCUT2D eigenvalue weighted by molar-refractivity contribution is 5.74. The molecular weight excluding hydrogens is 224 g/mol. The lowest BCUT2D eigenvalue weighted by Gasteiger charge is -2.23. The molecule has 0 aliphatic carbocycles. The normalized spacial score (nSPS) is 17.9.